The van der Waals surface area contributed by atoms with Crippen LogP contribution in [0.4, 0.5) is 0 Å². The van der Waals surface area contributed by atoms with Gasteiger partial charge in [0.15, 0.2) is 17.8 Å². The van der Waals surface area contributed by atoms with Crippen LogP contribution < -0.4 is 4.74 Å². The normalized spacial score (nSPS) is 8.82. The zero-order valence-electron chi connectivity index (χ0n) is 9.31. The van der Waals surface area contributed by atoms with Crippen molar-refractivity contribution in [3.63, 3.8) is 0 Å². The third-order valence-corrected chi connectivity index (χ3v) is 1.95. The number of rotatable bonds is 2. The lowest BCUT2D eigenvalue weighted by Gasteiger charge is -2.05. The monoisotopic (exact) mass is 234 g/mol. The highest BCUT2D eigenvalue weighted by Gasteiger charge is 2.09. The number of hydrogen-bond acceptors (Lipinski definition) is 5. The minimum atomic E-state index is -0.690. The highest BCUT2D eigenvalue weighted by molar-refractivity contribution is 5.89. The molecule has 0 radical (unpaired) electrons. The van der Waals surface area contributed by atoms with Crippen LogP contribution in [-0.4, -0.2) is 31.6 Å². The number of phenols is 1. The number of aromatic hydroxyl groups is 1. The van der Waals surface area contributed by atoms with Gasteiger partial charge < -0.3 is 14.6 Å². The molecule has 0 amide bonds. The number of carbonyl (C=O) groups is 2. The van der Waals surface area contributed by atoms with E-state index in [2.05, 4.69) is 16.6 Å². The second-order valence-corrected chi connectivity index (χ2v) is 2.98. The first-order valence-electron chi connectivity index (χ1n) is 4.58. The van der Waals surface area contributed by atoms with E-state index in [1.54, 1.807) is 0 Å². The number of phenolic OH excluding ortho intramolecular Hbond substituents is 1. The third kappa shape index (κ3) is 2.98. The molecule has 0 atom stereocenters. The average Bonchev–Trinajstić information content (AvgIpc) is 2.36. The maximum Gasteiger partial charge on any atom is 0.384 e. The predicted octanol–water partition coefficient (Wildman–Crippen LogP) is 0.738. The first-order valence-corrected chi connectivity index (χ1v) is 4.58. The SMILES string of the molecule is COC(=O)C#Cc1cc(C=O)c(O)c(OC)c1. The lowest BCUT2D eigenvalue weighted by molar-refractivity contribution is -0.133. The quantitative estimate of drug-likeness (QED) is 0.464. The maximum absolute atomic E-state index is 10.8. The van der Waals surface area contributed by atoms with E-state index in [-0.39, 0.29) is 17.1 Å². The molecule has 0 saturated heterocycles. The Balaban J connectivity index is 3.21. The fourth-order valence-electron chi connectivity index (χ4n) is 1.12. The van der Waals surface area contributed by atoms with E-state index in [0.717, 1.165) is 0 Å². The van der Waals surface area contributed by atoms with Gasteiger partial charge in [-0.3, -0.25) is 4.79 Å². The van der Waals surface area contributed by atoms with Crippen molar-refractivity contribution >= 4 is 12.3 Å². The van der Waals surface area contributed by atoms with Crippen LogP contribution in [0.1, 0.15) is 15.9 Å². The molecule has 88 valence electrons. The van der Waals surface area contributed by atoms with Crippen molar-refractivity contribution in [2.24, 2.45) is 0 Å². The van der Waals surface area contributed by atoms with Gasteiger partial charge in [-0.05, 0) is 12.1 Å². The van der Waals surface area contributed by atoms with Crippen LogP contribution in [0, 0.1) is 11.8 Å². The fourth-order valence-corrected chi connectivity index (χ4v) is 1.12. The van der Waals surface area contributed by atoms with Crippen LogP contribution in [0.3, 0.4) is 0 Å². The molecular weight excluding hydrogens is 224 g/mol. The Bertz CT molecular complexity index is 508. The molecule has 17 heavy (non-hydrogen) atoms. The Morgan fingerprint density at radius 1 is 1.41 bits per heavy atom. The van der Waals surface area contributed by atoms with E-state index in [9.17, 15) is 14.7 Å². The smallest absolute Gasteiger partial charge is 0.384 e. The first-order chi connectivity index (χ1) is 8.12. The van der Waals surface area contributed by atoms with Crippen LogP contribution in [0.5, 0.6) is 11.5 Å². The van der Waals surface area contributed by atoms with Crippen LogP contribution in [0.2, 0.25) is 0 Å². The minimum Gasteiger partial charge on any atom is -0.504 e. The molecule has 1 rings (SSSR count). The summed E-state index contributed by atoms with van der Waals surface area (Å²) < 4.78 is 9.21. The van der Waals surface area contributed by atoms with Crippen LogP contribution in [-0.2, 0) is 9.53 Å². The van der Waals surface area contributed by atoms with Gasteiger partial charge in [0.25, 0.3) is 0 Å². The minimum absolute atomic E-state index is 0.0403. The number of carbonyl (C=O) groups excluding carboxylic acids is 2. The largest absolute Gasteiger partial charge is 0.504 e. The summed E-state index contributed by atoms with van der Waals surface area (Å²) in [6.07, 6.45) is 0.473. The zero-order chi connectivity index (χ0) is 12.8. The Kier molecular flexibility index (Phi) is 4.12. The number of esters is 1. The van der Waals surface area contributed by atoms with E-state index in [0.29, 0.717) is 11.8 Å². The fraction of sp³-hybridized carbons (Fsp3) is 0.167. The Morgan fingerprint density at radius 2 is 2.12 bits per heavy atom. The lowest BCUT2D eigenvalue weighted by atomic mass is 10.1. The molecule has 0 aliphatic carbocycles. The van der Waals surface area contributed by atoms with E-state index < -0.39 is 5.97 Å². The molecule has 0 unspecified atom stereocenters. The Morgan fingerprint density at radius 3 is 2.65 bits per heavy atom. The van der Waals surface area contributed by atoms with Gasteiger partial charge in [0.2, 0.25) is 0 Å². The van der Waals surface area contributed by atoms with Crippen molar-refractivity contribution in [3.8, 4) is 23.3 Å². The molecule has 0 bridgehead atoms. The molecule has 0 spiro atoms. The van der Waals surface area contributed by atoms with Crippen molar-refractivity contribution in [1.29, 1.82) is 0 Å². The van der Waals surface area contributed by atoms with Crippen molar-refractivity contribution in [1.82, 2.24) is 0 Å². The van der Waals surface area contributed by atoms with Gasteiger partial charge in [-0.1, -0.05) is 5.92 Å². The second-order valence-electron chi connectivity index (χ2n) is 2.98. The molecule has 0 fully saturated rings. The summed E-state index contributed by atoms with van der Waals surface area (Å²) in [5, 5.41) is 9.54. The maximum atomic E-state index is 10.8. The van der Waals surface area contributed by atoms with Crippen molar-refractivity contribution < 1.29 is 24.2 Å². The van der Waals surface area contributed by atoms with Gasteiger partial charge >= 0.3 is 5.97 Å². The molecule has 0 aliphatic rings. The molecular formula is C12H10O5. The number of methoxy groups -OCH3 is 2. The zero-order valence-corrected chi connectivity index (χ0v) is 9.31. The molecule has 1 N–H and O–H groups in total. The number of hydrogen-bond donors (Lipinski definition) is 1. The van der Waals surface area contributed by atoms with Crippen molar-refractivity contribution in [2.45, 2.75) is 0 Å². The average molecular weight is 234 g/mol. The second kappa shape index (κ2) is 5.56. The summed E-state index contributed by atoms with van der Waals surface area (Å²) in [6.45, 7) is 0. The van der Waals surface area contributed by atoms with E-state index in [4.69, 9.17) is 4.74 Å². The molecule has 5 nitrogen and oxygen atoms in total. The predicted molar refractivity (Wildman–Crippen MR) is 58.9 cm³/mol. The van der Waals surface area contributed by atoms with Gasteiger partial charge in [-0.25, -0.2) is 4.79 Å². The number of ether oxygens (including phenoxy) is 2. The van der Waals surface area contributed by atoms with Gasteiger partial charge in [0, 0.05) is 11.5 Å². The van der Waals surface area contributed by atoms with E-state index >= 15 is 0 Å². The summed E-state index contributed by atoms with van der Waals surface area (Å²) in [5.74, 6) is 3.87. The summed E-state index contributed by atoms with van der Waals surface area (Å²) in [6, 6.07) is 2.76. The Labute approximate surface area is 98.0 Å². The highest BCUT2D eigenvalue weighted by atomic mass is 16.5. The van der Waals surface area contributed by atoms with E-state index in [1.807, 2.05) is 0 Å². The summed E-state index contributed by atoms with van der Waals surface area (Å²) in [7, 11) is 2.56. The van der Waals surface area contributed by atoms with Crippen molar-refractivity contribution in [3.05, 3.63) is 23.3 Å². The topological polar surface area (TPSA) is 72.8 Å². The highest BCUT2D eigenvalue weighted by Crippen LogP contribution is 2.29. The van der Waals surface area contributed by atoms with Gasteiger partial charge in [-0.2, -0.15) is 0 Å². The molecule has 5 heteroatoms. The molecule has 1 aromatic carbocycles. The molecule has 0 heterocycles. The molecule has 0 saturated carbocycles. The summed E-state index contributed by atoms with van der Waals surface area (Å²) in [5.41, 5.74) is 0.408. The molecule has 0 aromatic heterocycles. The van der Waals surface area contributed by atoms with Gasteiger partial charge in [0.1, 0.15) is 0 Å². The molecule has 0 aliphatic heterocycles. The number of benzene rings is 1. The lowest BCUT2D eigenvalue weighted by Crippen LogP contribution is -1.95. The molecule has 1 aromatic rings. The first kappa shape index (κ1) is 12.6. The number of aldehydes is 1. The Hall–Kier alpha value is -2.48. The summed E-state index contributed by atoms with van der Waals surface area (Å²) in [4.78, 5) is 21.5. The van der Waals surface area contributed by atoms with Crippen LogP contribution in [0.15, 0.2) is 12.1 Å². The summed E-state index contributed by atoms with van der Waals surface area (Å²) >= 11 is 0. The van der Waals surface area contributed by atoms with Crippen LogP contribution >= 0.6 is 0 Å². The van der Waals surface area contributed by atoms with Crippen molar-refractivity contribution in [2.75, 3.05) is 14.2 Å². The standard InChI is InChI=1S/C12H10O5/c1-16-10-6-8(3-4-11(14)17-2)5-9(7-13)12(10)15/h5-7,15H,1-2H3. The van der Waals surface area contributed by atoms with Gasteiger partial charge in [-0.15, -0.1) is 0 Å². The third-order valence-electron chi connectivity index (χ3n) is 1.95. The van der Waals surface area contributed by atoms with Gasteiger partial charge in [0.05, 0.1) is 19.8 Å². The van der Waals surface area contributed by atoms with Crippen LogP contribution in [0.25, 0.3) is 0 Å². The van der Waals surface area contributed by atoms with E-state index in [1.165, 1.54) is 26.4 Å².